The Morgan fingerprint density at radius 1 is 1.47 bits per heavy atom. The molecule has 0 spiro atoms. The van der Waals surface area contributed by atoms with Gasteiger partial charge in [0, 0.05) is 29.7 Å². The van der Waals surface area contributed by atoms with Gasteiger partial charge in [-0.3, -0.25) is 4.79 Å². The maximum absolute atomic E-state index is 11.8. The molecule has 4 nitrogen and oxygen atoms in total. The largest absolute Gasteiger partial charge is 0.399 e. The molecule has 100 valence electrons. The van der Waals surface area contributed by atoms with Gasteiger partial charge in [0.2, 0.25) is 5.91 Å². The molecule has 1 heterocycles. The number of carbonyl (C=O) groups excluding carboxylic acids is 1. The maximum Gasteiger partial charge on any atom is 0.224 e. The second-order valence-electron chi connectivity index (χ2n) is 4.40. The molecular formula is C14H17N3OS. The van der Waals surface area contributed by atoms with Crippen LogP contribution in [0, 0.1) is 6.92 Å². The lowest BCUT2D eigenvalue weighted by atomic mass is 10.1. The maximum atomic E-state index is 11.8. The summed E-state index contributed by atoms with van der Waals surface area (Å²) in [4.78, 5) is 16.1. The number of aryl methyl sites for hydroxylation is 1. The first-order valence-electron chi connectivity index (χ1n) is 6.15. The Balaban J connectivity index is 1.76. The molecule has 0 fully saturated rings. The summed E-state index contributed by atoms with van der Waals surface area (Å²) in [7, 11) is 0. The average Bonchev–Trinajstić information content (AvgIpc) is 2.75. The van der Waals surface area contributed by atoms with Gasteiger partial charge < -0.3 is 11.1 Å². The van der Waals surface area contributed by atoms with E-state index in [2.05, 4.69) is 10.3 Å². The number of hydrogen-bond acceptors (Lipinski definition) is 4. The summed E-state index contributed by atoms with van der Waals surface area (Å²) in [5.74, 6) is 0.0129. The zero-order chi connectivity index (χ0) is 13.7. The van der Waals surface area contributed by atoms with E-state index < -0.39 is 0 Å². The molecule has 0 saturated heterocycles. The van der Waals surface area contributed by atoms with Gasteiger partial charge in [-0.15, -0.1) is 11.3 Å². The minimum Gasteiger partial charge on any atom is -0.399 e. The molecule has 0 radical (unpaired) electrons. The highest BCUT2D eigenvalue weighted by molar-refractivity contribution is 7.09. The molecule has 0 atom stereocenters. The Kier molecular flexibility index (Phi) is 4.52. The topological polar surface area (TPSA) is 68.0 Å². The number of nitrogens with one attached hydrogen (secondary N) is 1. The van der Waals surface area contributed by atoms with E-state index in [4.69, 9.17) is 5.73 Å². The average molecular weight is 275 g/mol. The van der Waals surface area contributed by atoms with Crippen LogP contribution in [0.3, 0.4) is 0 Å². The van der Waals surface area contributed by atoms with E-state index in [9.17, 15) is 4.79 Å². The molecule has 0 aliphatic rings. The number of carbonyl (C=O) groups is 1. The van der Waals surface area contributed by atoms with Gasteiger partial charge >= 0.3 is 0 Å². The van der Waals surface area contributed by atoms with Gasteiger partial charge in [0.25, 0.3) is 0 Å². The van der Waals surface area contributed by atoms with E-state index in [1.165, 1.54) is 0 Å². The molecule has 19 heavy (non-hydrogen) atoms. The first kappa shape index (κ1) is 13.5. The Morgan fingerprint density at radius 3 is 3.00 bits per heavy atom. The lowest BCUT2D eigenvalue weighted by molar-refractivity contribution is -0.120. The van der Waals surface area contributed by atoms with Crippen molar-refractivity contribution in [2.45, 2.75) is 19.8 Å². The third-order valence-electron chi connectivity index (χ3n) is 2.64. The Hall–Kier alpha value is -1.88. The summed E-state index contributed by atoms with van der Waals surface area (Å²) in [5.41, 5.74) is 8.32. The third-order valence-corrected chi connectivity index (χ3v) is 3.67. The summed E-state index contributed by atoms with van der Waals surface area (Å²) in [6, 6.07) is 7.40. The summed E-state index contributed by atoms with van der Waals surface area (Å²) in [5, 5.41) is 5.97. The lowest BCUT2D eigenvalue weighted by Crippen LogP contribution is -2.27. The van der Waals surface area contributed by atoms with Crippen LogP contribution in [-0.4, -0.2) is 17.4 Å². The summed E-state index contributed by atoms with van der Waals surface area (Å²) in [6.07, 6.45) is 1.14. The van der Waals surface area contributed by atoms with Crippen molar-refractivity contribution >= 4 is 22.9 Å². The van der Waals surface area contributed by atoms with Crippen molar-refractivity contribution in [3.8, 4) is 0 Å². The van der Waals surface area contributed by atoms with Gasteiger partial charge in [0.15, 0.2) is 0 Å². The van der Waals surface area contributed by atoms with Crippen molar-refractivity contribution in [2.24, 2.45) is 0 Å². The van der Waals surface area contributed by atoms with E-state index >= 15 is 0 Å². The van der Waals surface area contributed by atoms with Crippen molar-refractivity contribution in [1.82, 2.24) is 10.3 Å². The molecule has 1 aromatic carbocycles. The van der Waals surface area contributed by atoms with Crippen molar-refractivity contribution in [1.29, 1.82) is 0 Å². The van der Waals surface area contributed by atoms with Crippen LogP contribution >= 0.6 is 11.3 Å². The van der Waals surface area contributed by atoms with E-state index in [1.807, 2.05) is 36.6 Å². The molecule has 2 aromatic rings. The molecule has 0 aliphatic heterocycles. The van der Waals surface area contributed by atoms with Crippen molar-refractivity contribution in [2.75, 3.05) is 12.3 Å². The van der Waals surface area contributed by atoms with Gasteiger partial charge in [0.1, 0.15) is 0 Å². The number of hydrogen-bond donors (Lipinski definition) is 2. The number of nitrogens with two attached hydrogens (primary N) is 1. The zero-order valence-electron chi connectivity index (χ0n) is 10.8. The molecule has 3 N–H and O–H groups in total. The number of thiazole rings is 1. The highest BCUT2D eigenvalue weighted by Gasteiger charge is 2.04. The number of rotatable bonds is 5. The number of anilines is 1. The van der Waals surface area contributed by atoms with Gasteiger partial charge in [-0.2, -0.15) is 0 Å². The fourth-order valence-electron chi connectivity index (χ4n) is 1.78. The minimum atomic E-state index is 0.0129. The fraction of sp³-hybridized carbons (Fsp3) is 0.286. The van der Waals surface area contributed by atoms with Gasteiger partial charge in [-0.1, -0.05) is 12.1 Å². The standard InChI is InChI=1S/C14H17N3OS/c1-10-9-19-14(17-10)5-6-16-13(18)8-11-3-2-4-12(15)7-11/h2-4,7,9H,5-6,8,15H2,1H3,(H,16,18). The summed E-state index contributed by atoms with van der Waals surface area (Å²) in [6.45, 7) is 2.59. The first-order chi connectivity index (χ1) is 9.13. The van der Waals surface area contributed by atoms with Crippen molar-refractivity contribution in [3.05, 3.63) is 45.9 Å². The zero-order valence-corrected chi connectivity index (χ0v) is 11.7. The number of benzene rings is 1. The second kappa shape index (κ2) is 6.33. The van der Waals surface area contributed by atoms with Gasteiger partial charge in [-0.05, 0) is 24.6 Å². The van der Waals surface area contributed by atoms with Crippen molar-refractivity contribution < 1.29 is 4.79 Å². The van der Waals surface area contributed by atoms with E-state index in [0.29, 0.717) is 18.7 Å². The molecule has 5 heteroatoms. The summed E-state index contributed by atoms with van der Waals surface area (Å²) >= 11 is 1.63. The number of aromatic nitrogens is 1. The van der Waals surface area contributed by atoms with Gasteiger partial charge in [0.05, 0.1) is 11.4 Å². The van der Waals surface area contributed by atoms with Crippen LogP contribution in [-0.2, 0) is 17.6 Å². The Labute approximate surface area is 116 Å². The Morgan fingerprint density at radius 2 is 2.32 bits per heavy atom. The van der Waals surface area contributed by atoms with Crippen LogP contribution < -0.4 is 11.1 Å². The SMILES string of the molecule is Cc1csc(CCNC(=O)Cc2cccc(N)c2)n1. The molecule has 0 aliphatic carbocycles. The quantitative estimate of drug-likeness (QED) is 0.819. The second-order valence-corrected chi connectivity index (χ2v) is 5.35. The van der Waals surface area contributed by atoms with E-state index in [0.717, 1.165) is 22.7 Å². The molecular weight excluding hydrogens is 258 g/mol. The van der Waals surface area contributed by atoms with E-state index in [1.54, 1.807) is 11.3 Å². The van der Waals surface area contributed by atoms with Crippen LogP contribution in [0.2, 0.25) is 0 Å². The third kappa shape index (κ3) is 4.37. The summed E-state index contributed by atoms with van der Waals surface area (Å²) < 4.78 is 0. The minimum absolute atomic E-state index is 0.0129. The normalized spacial score (nSPS) is 10.4. The number of nitrogen functional groups attached to an aromatic ring is 1. The smallest absolute Gasteiger partial charge is 0.224 e. The molecule has 0 bridgehead atoms. The molecule has 1 aromatic heterocycles. The lowest BCUT2D eigenvalue weighted by Gasteiger charge is -2.04. The number of amides is 1. The van der Waals surface area contributed by atoms with Gasteiger partial charge in [-0.25, -0.2) is 4.98 Å². The fourth-order valence-corrected chi connectivity index (χ4v) is 2.55. The molecule has 2 rings (SSSR count). The van der Waals surface area contributed by atoms with Crippen LogP contribution in [0.4, 0.5) is 5.69 Å². The highest BCUT2D eigenvalue weighted by Crippen LogP contribution is 2.09. The highest BCUT2D eigenvalue weighted by atomic mass is 32.1. The molecule has 1 amide bonds. The number of nitrogens with zero attached hydrogens (tertiary/aromatic N) is 1. The van der Waals surface area contributed by atoms with Crippen molar-refractivity contribution in [3.63, 3.8) is 0 Å². The predicted octanol–water partition coefficient (Wildman–Crippen LogP) is 1.94. The predicted molar refractivity (Wildman–Crippen MR) is 78.1 cm³/mol. The van der Waals surface area contributed by atoms with Crippen LogP contribution in [0.1, 0.15) is 16.3 Å². The van der Waals surface area contributed by atoms with Crippen LogP contribution in [0.25, 0.3) is 0 Å². The van der Waals surface area contributed by atoms with E-state index in [-0.39, 0.29) is 5.91 Å². The molecule has 0 unspecified atom stereocenters. The first-order valence-corrected chi connectivity index (χ1v) is 7.03. The van der Waals surface area contributed by atoms with Crippen LogP contribution in [0.5, 0.6) is 0 Å². The van der Waals surface area contributed by atoms with Crippen LogP contribution in [0.15, 0.2) is 29.6 Å². The Bertz CT molecular complexity index is 565. The molecule has 0 saturated carbocycles. The monoisotopic (exact) mass is 275 g/mol.